The Kier molecular flexibility index (Phi) is 2.95. The third kappa shape index (κ3) is 2.76. The van der Waals surface area contributed by atoms with Gasteiger partial charge in [0.25, 0.3) is 0 Å². The van der Waals surface area contributed by atoms with Crippen LogP contribution in [0.2, 0.25) is 0 Å². The van der Waals surface area contributed by atoms with Crippen LogP contribution in [0.5, 0.6) is 5.75 Å². The highest BCUT2D eigenvalue weighted by molar-refractivity contribution is 5.86. The van der Waals surface area contributed by atoms with E-state index in [2.05, 4.69) is 10.2 Å². The summed E-state index contributed by atoms with van der Waals surface area (Å²) >= 11 is 0. The van der Waals surface area contributed by atoms with Gasteiger partial charge < -0.3 is 9.84 Å². The van der Waals surface area contributed by atoms with Crippen LogP contribution < -0.4 is 4.74 Å². The molecule has 1 aromatic carbocycles. The van der Waals surface area contributed by atoms with Crippen molar-refractivity contribution in [3.63, 3.8) is 0 Å². The standard InChI is InChI=1S/C14H14N2O3/c17-14(18)13-7-12(15-16-13)10-3-5-11(6-4-10)19-8-9-1-2-9/h3-7,9H,1-2,8H2,(H,15,16)(H,17,18). The maximum Gasteiger partial charge on any atom is 0.353 e. The van der Waals surface area contributed by atoms with Gasteiger partial charge in [0.15, 0.2) is 0 Å². The number of carboxylic acids is 1. The highest BCUT2D eigenvalue weighted by Gasteiger charge is 2.21. The molecule has 98 valence electrons. The van der Waals surface area contributed by atoms with Crippen LogP contribution in [0.25, 0.3) is 11.3 Å². The summed E-state index contributed by atoms with van der Waals surface area (Å²) in [6.07, 6.45) is 2.53. The van der Waals surface area contributed by atoms with E-state index >= 15 is 0 Å². The van der Waals surface area contributed by atoms with E-state index in [0.29, 0.717) is 5.69 Å². The Morgan fingerprint density at radius 3 is 2.68 bits per heavy atom. The van der Waals surface area contributed by atoms with Gasteiger partial charge in [0.1, 0.15) is 11.4 Å². The number of carbonyl (C=O) groups is 1. The number of hydrogen-bond donors (Lipinski definition) is 2. The normalized spacial score (nSPS) is 14.3. The Labute approximate surface area is 110 Å². The van der Waals surface area contributed by atoms with Gasteiger partial charge in [-0.15, -0.1) is 0 Å². The van der Waals surface area contributed by atoms with Crippen molar-refractivity contribution in [3.8, 4) is 17.0 Å². The quantitative estimate of drug-likeness (QED) is 0.864. The lowest BCUT2D eigenvalue weighted by atomic mass is 10.1. The zero-order valence-electron chi connectivity index (χ0n) is 10.3. The molecule has 2 N–H and O–H groups in total. The van der Waals surface area contributed by atoms with E-state index in [0.717, 1.165) is 23.8 Å². The Morgan fingerprint density at radius 2 is 2.11 bits per heavy atom. The number of aromatic carboxylic acids is 1. The van der Waals surface area contributed by atoms with Crippen LogP contribution in [0.1, 0.15) is 23.3 Å². The first-order valence-electron chi connectivity index (χ1n) is 6.24. The maximum absolute atomic E-state index is 10.8. The number of nitrogens with zero attached hydrogens (tertiary/aromatic N) is 1. The number of rotatable bonds is 5. The van der Waals surface area contributed by atoms with Gasteiger partial charge in [-0.05, 0) is 49.1 Å². The Balaban J connectivity index is 1.71. The van der Waals surface area contributed by atoms with Gasteiger partial charge in [-0.2, -0.15) is 5.10 Å². The molecular weight excluding hydrogens is 244 g/mol. The maximum atomic E-state index is 10.8. The molecule has 1 aliphatic carbocycles. The van der Waals surface area contributed by atoms with Gasteiger partial charge in [0.2, 0.25) is 0 Å². The van der Waals surface area contributed by atoms with Crippen LogP contribution in [0, 0.1) is 5.92 Å². The summed E-state index contributed by atoms with van der Waals surface area (Å²) in [6, 6.07) is 9.04. The topological polar surface area (TPSA) is 75.2 Å². The molecule has 5 nitrogen and oxygen atoms in total. The molecule has 0 aliphatic heterocycles. The minimum absolute atomic E-state index is 0.0871. The third-order valence-electron chi connectivity index (χ3n) is 3.14. The average molecular weight is 258 g/mol. The minimum atomic E-state index is -1.01. The number of benzene rings is 1. The third-order valence-corrected chi connectivity index (χ3v) is 3.14. The molecule has 19 heavy (non-hydrogen) atoms. The van der Waals surface area contributed by atoms with Crippen LogP contribution in [-0.2, 0) is 0 Å². The van der Waals surface area contributed by atoms with Gasteiger partial charge in [-0.1, -0.05) is 0 Å². The van der Waals surface area contributed by atoms with Crippen molar-refractivity contribution in [2.24, 2.45) is 5.92 Å². The minimum Gasteiger partial charge on any atom is -0.493 e. The van der Waals surface area contributed by atoms with Crippen molar-refractivity contribution in [1.82, 2.24) is 10.2 Å². The van der Waals surface area contributed by atoms with E-state index in [1.807, 2.05) is 24.3 Å². The van der Waals surface area contributed by atoms with E-state index in [9.17, 15) is 4.79 Å². The summed E-state index contributed by atoms with van der Waals surface area (Å²) in [5.41, 5.74) is 1.57. The van der Waals surface area contributed by atoms with Crippen LogP contribution in [0.4, 0.5) is 0 Å². The van der Waals surface area contributed by atoms with Crippen LogP contribution in [0.15, 0.2) is 30.3 Å². The number of nitrogens with one attached hydrogen (secondary N) is 1. The number of aromatic nitrogens is 2. The monoisotopic (exact) mass is 258 g/mol. The molecule has 0 saturated heterocycles. The van der Waals surface area contributed by atoms with Gasteiger partial charge >= 0.3 is 5.97 Å². The number of ether oxygens (including phenoxy) is 1. The van der Waals surface area contributed by atoms with Crippen molar-refractivity contribution in [3.05, 3.63) is 36.0 Å². The summed E-state index contributed by atoms with van der Waals surface area (Å²) in [7, 11) is 0. The Morgan fingerprint density at radius 1 is 1.37 bits per heavy atom. The zero-order chi connectivity index (χ0) is 13.2. The molecule has 0 radical (unpaired) electrons. The SMILES string of the molecule is O=C(O)c1cc(-c2ccc(OCC3CC3)cc2)n[nH]1. The smallest absolute Gasteiger partial charge is 0.353 e. The molecule has 3 rings (SSSR count). The molecule has 0 atom stereocenters. The summed E-state index contributed by atoms with van der Waals surface area (Å²) in [5.74, 6) is 0.553. The van der Waals surface area contributed by atoms with Crippen LogP contribution >= 0.6 is 0 Å². The predicted molar refractivity (Wildman–Crippen MR) is 69.2 cm³/mol. The molecule has 1 fully saturated rings. The second-order valence-electron chi connectivity index (χ2n) is 4.75. The first-order valence-corrected chi connectivity index (χ1v) is 6.24. The van der Waals surface area contributed by atoms with Crippen molar-refractivity contribution in [2.75, 3.05) is 6.61 Å². The van der Waals surface area contributed by atoms with Crippen molar-refractivity contribution < 1.29 is 14.6 Å². The fourth-order valence-electron chi connectivity index (χ4n) is 1.80. The fraction of sp³-hybridized carbons (Fsp3) is 0.286. The van der Waals surface area contributed by atoms with Crippen molar-refractivity contribution in [1.29, 1.82) is 0 Å². The fourth-order valence-corrected chi connectivity index (χ4v) is 1.80. The number of aromatic amines is 1. The lowest BCUT2D eigenvalue weighted by Gasteiger charge is -2.05. The Hall–Kier alpha value is -2.30. The van der Waals surface area contributed by atoms with E-state index in [-0.39, 0.29) is 5.69 Å². The first kappa shape index (κ1) is 11.8. The molecular formula is C14H14N2O3. The summed E-state index contributed by atoms with van der Waals surface area (Å²) in [5, 5.41) is 15.3. The van der Waals surface area contributed by atoms with Crippen LogP contribution in [-0.4, -0.2) is 27.9 Å². The molecule has 1 heterocycles. The van der Waals surface area contributed by atoms with E-state index in [1.54, 1.807) is 0 Å². The molecule has 1 aromatic heterocycles. The molecule has 5 heteroatoms. The Bertz CT molecular complexity index is 585. The molecule has 1 saturated carbocycles. The van der Waals surface area contributed by atoms with E-state index in [1.165, 1.54) is 18.9 Å². The second-order valence-corrected chi connectivity index (χ2v) is 4.75. The highest BCUT2D eigenvalue weighted by Crippen LogP contribution is 2.30. The molecule has 1 aliphatic rings. The molecule has 0 bridgehead atoms. The van der Waals surface area contributed by atoms with Gasteiger partial charge in [0.05, 0.1) is 12.3 Å². The zero-order valence-corrected chi connectivity index (χ0v) is 10.3. The number of H-pyrrole nitrogens is 1. The van der Waals surface area contributed by atoms with Crippen molar-refractivity contribution >= 4 is 5.97 Å². The largest absolute Gasteiger partial charge is 0.493 e. The van der Waals surface area contributed by atoms with Gasteiger partial charge in [-0.25, -0.2) is 4.79 Å². The van der Waals surface area contributed by atoms with E-state index in [4.69, 9.17) is 9.84 Å². The predicted octanol–water partition coefficient (Wildman–Crippen LogP) is 2.56. The lowest BCUT2D eigenvalue weighted by molar-refractivity contribution is 0.0690. The van der Waals surface area contributed by atoms with Crippen molar-refractivity contribution in [2.45, 2.75) is 12.8 Å². The highest BCUT2D eigenvalue weighted by atomic mass is 16.5. The van der Waals surface area contributed by atoms with Gasteiger partial charge in [0, 0.05) is 5.56 Å². The number of hydrogen-bond acceptors (Lipinski definition) is 3. The van der Waals surface area contributed by atoms with Gasteiger partial charge in [-0.3, -0.25) is 5.10 Å². The first-order chi connectivity index (χ1) is 9.22. The molecule has 2 aromatic rings. The second kappa shape index (κ2) is 4.76. The summed E-state index contributed by atoms with van der Waals surface area (Å²) in [6.45, 7) is 0.783. The van der Waals surface area contributed by atoms with Crippen LogP contribution in [0.3, 0.4) is 0 Å². The molecule has 0 amide bonds. The number of carboxylic acid groups (broad SMARTS) is 1. The summed E-state index contributed by atoms with van der Waals surface area (Å²) < 4.78 is 5.64. The summed E-state index contributed by atoms with van der Waals surface area (Å²) in [4.78, 5) is 10.8. The molecule has 0 unspecified atom stereocenters. The molecule has 0 spiro atoms. The average Bonchev–Trinajstić information content (AvgIpc) is 3.11. The lowest BCUT2D eigenvalue weighted by Crippen LogP contribution is -1.98. The van der Waals surface area contributed by atoms with E-state index < -0.39 is 5.97 Å².